The van der Waals surface area contributed by atoms with Crippen LogP contribution in [0.2, 0.25) is 5.02 Å². The van der Waals surface area contributed by atoms with Crippen LogP contribution in [0.4, 0.5) is 5.82 Å². The minimum atomic E-state index is -0.196. The molecule has 0 bridgehead atoms. The minimum absolute atomic E-state index is 0.0325. The molecule has 134 valence electrons. The molecule has 0 radical (unpaired) electrons. The number of halogens is 1. The average Bonchev–Trinajstić information content (AvgIpc) is 3.30. The smallest absolute Gasteiger partial charge is 0.253 e. The second-order valence-electron chi connectivity index (χ2n) is 6.15. The molecule has 1 N–H and O–H groups in total. The molecule has 1 aromatic carbocycles. The molecule has 0 saturated carbocycles. The van der Waals surface area contributed by atoms with E-state index in [1.54, 1.807) is 28.9 Å². The van der Waals surface area contributed by atoms with Crippen molar-refractivity contribution in [2.45, 2.75) is 12.5 Å². The number of methoxy groups -OCH3 is 1. The first-order chi connectivity index (χ1) is 12.7. The first kappa shape index (κ1) is 16.7. The predicted molar refractivity (Wildman–Crippen MR) is 99.1 cm³/mol. The summed E-state index contributed by atoms with van der Waals surface area (Å²) in [6.45, 7) is 1.52. The molecule has 3 aromatic rings. The quantitative estimate of drug-likeness (QED) is 0.762. The third-order valence-electron chi connectivity index (χ3n) is 4.52. The van der Waals surface area contributed by atoms with Crippen molar-refractivity contribution in [3.05, 3.63) is 53.3 Å². The van der Waals surface area contributed by atoms with Crippen LogP contribution < -0.4 is 15.0 Å². The van der Waals surface area contributed by atoms with Gasteiger partial charge in [-0.05, 0) is 30.7 Å². The van der Waals surface area contributed by atoms with E-state index in [9.17, 15) is 4.79 Å². The normalized spacial score (nSPS) is 16.8. The van der Waals surface area contributed by atoms with Crippen LogP contribution in [-0.2, 0) is 0 Å². The Morgan fingerprint density at radius 1 is 1.35 bits per heavy atom. The summed E-state index contributed by atoms with van der Waals surface area (Å²) in [6.07, 6.45) is 4.38. The molecule has 1 saturated heterocycles. The molecule has 1 amide bonds. The summed E-state index contributed by atoms with van der Waals surface area (Å²) in [5, 5.41) is 7.94. The maximum Gasteiger partial charge on any atom is 0.253 e. The van der Waals surface area contributed by atoms with Gasteiger partial charge in [0.1, 0.15) is 11.6 Å². The second-order valence-corrected chi connectivity index (χ2v) is 6.53. The van der Waals surface area contributed by atoms with Gasteiger partial charge in [-0.1, -0.05) is 17.7 Å². The fourth-order valence-corrected chi connectivity index (χ4v) is 3.46. The number of hydrogen-bond acceptors (Lipinski definition) is 5. The molecule has 0 unspecified atom stereocenters. The molecular weight excluding hydrogens is 354 g/mol. The van der Waals surface area contributed by atoms with E-state index in [-0.39, 0.29) is 11.9 Å². The number of ether oxygens (including phenoxy) is 1. The summed E-state index contributed by atoms with van der Waals surface area (Å²) >= 11 is 6.24. The molecule has 2 aromatic heterocycles. The summed E-state index contributed by atoms with van der Waals surface area (Å²) in [7, 11) is 1.53. The number of fused-ring (bicyclic) bond motifs is 1. The highest BCUT2D eigenvalue weighted by Gasteiger charge is 2.26. The summed E-state index contributed by atoms with van der Waals surface area (Å²) in [4.78, 5) is 18.9. The lowest BCUT2D eigenvalue weighted by Gasteiger charge is -2.18. The van der Waals surface area contributed by atoms with Crippen LogP contribution in [-0.4, -0.2) is 46.7 Å². The molecule has 26 heavy (non-hydrogen) atoms. The molecular formula is C18H18ClN5O2. The van der Waals surface area contributed by atoms with Crippen LogP contribution in [0.25, 0.3) is 5.65 Å². The Balaban J connectivity index is 1.45. The van der Waals surface area contributed by atoms with Crippen molar-refractivity contribution in [2.75, 3.05) is 25.1 Å². The van der Waals surface area contributed by atoms with E-state index in [0.29, 0.717) is 22.9 Å². The Kier molecular flexibility index (Phi) is 4.38. The van der Waals surface area contributed by atoms with E-state index in [1.807, 2.05) is 18.3 Å². The van der Waals surface area contributed by atoms with Crippen LogP contribution in [0.15, 0.2) is 42.7 Å². The van der Waals surface area contributed by atoms with Crippen molar-refractivity contribution in [2.24, 2.45) is 0 Å². The van der Waals surface area contributed by atoms with Gasteiger partial charge in [0.05, 0.1) is 17.7 Å². The number of amides is 1. The van der Waals surface area contributed by atoms with Crippen molar-refractivity contribution in [3.8, 4) is 5.75 Å². The molecule has 7 nitrogen and oxygen atoms in total. The van der Waals surface area contributed by atoms with Gasteiger partial charge in [0.25, 0.3) is 5.91 Å². The largest absolute Gasteiger partial charge is 0.495 e. The zero-order valence-electron chi connectivity index (χ0n) is 14.2. The van der Waals surface area contributed by atoms with Crippen molar-refractivity contribution >= 4 is 29.0 Å². The van der Waals surface area contributed by atoms with Gasteiger partial charge in [0, 0.05) is 31.5 Å². The van der Waals surface area contributed by atoms with Crippen molar-refractivity contribution < 1.29 is 9.53 Å². The highest BCUT2D eigenvalue weighted by molar-refractivity contribution is 6.35. The molecule has 0 aliphatic carbocycles. The van der Waals surface area contributed by atoms with Crippen molar-refractivity contribution in [1.82, 2.24) is 19.9 Å². The number of rotatable bonds is 4. The Labute approximate surface area is 155 Å². The van der Waals surface area contributed by atoms with Gasteiger partial charge in [-0.25, -0.2) is 9.50 Å². The topological polar surface area (TPSA) is 71.8 Å². The number of nitrogens with zero attached hydrogens (tertiary/aromatic N) is 4. The van der Waals surface area contributed by atoms with E-state index in [4.69, 9.17) is 16.3 Å². The molecule has 1 fully saturated rings. The van der Waals surface area contributed by atoms with E-state index < -0.39 is 0 Å². The van der Waals surface area contributed by atoms with Crippen LogP contribution in [0.5, 0.6) is 5.75 Å². The number of imidazole rings is 1. The molecule has 0 spiro atoms. The lowest BCUT2D eigenvalue weighted by atomic mass is 10.1. The highest BCUT2D eigenvalue weighted by Crippen LogP contribution is 2.28. The number of carbonyl (C=O) groups is 1. The SMILES string of the molecule is COc1cccc(C(=O)N[C@H]2CCN(c3ccc4nccn4n3)C2)c1Cl. The third kappa shape index (κ3) is 3.06. The van der Waals surface area contributed by atoms with E-state index in [0.717, 1.165) is 24.4 Å². The van der Waals surface area contributed by atoms with Crippen molar-refractivity contribution in [3.63, 3.8) is 0 Å². The third-order valence-corrected chi connectivity index (χ3v) is 4.91. The standard InChI is InChI=1S/C18H18ClN5O2/c1-26-14-4-2-3-13(17(14)19)18(25)21-12-7-9-23(11-12)16-6-5-15-20-8-10-24(15)22-16/h2-6,8,10,12H,7,9,11H2,1H3,(H,21,25)/t12-/m0/s1. The maximum atomic E-state index is 12.6. The number of nitrogens with one attached hydrogen (secondary N) is 1. The van der Waals surface area contributed by atoms with Gasteiger partial charge in [-0.3, -0.25) is 4.79 Å². The summed E-state index contributed by atoms with van der Waals surface area (Å²) in [5.41, 5.74) is 1.23. The molecule has 3 heterocycles. The predicted octanol–water partition coefficient (Wildman–Crippen LogP) is 2.40. The molecule has 1 aliphatic rings. The summed E-state index contributed by atoms with van der Waals surface area (Å²) < 4.78 is 6.92. The van der Waals surface area contributed by atoms with Crippen LogP contribution in [0.1, 0.15) is 16.8 Å². The van der Waals surface area contributed by atoms with Gasteiger partial charge >= 0.3 is 0 Å². The number of aromatic nitrogens is 3. The van der Waals surface area contributed by atoms with Gasteiger partial charge in [0.2, 0.25) is 0 Å². The monoisotopic (exact) mass is 371 g/mol. The summed E-state index contributed by atoms with van der Waals surface area (Å²) in [5.74, 6) is 1.16. The number of hydrogen-bond donors (Lipinski definition) is 1. The first-order valence-electron chi connectivity index (χ1n) is 8.34. The molecule has 1 atom stereocenters. The zero-order chi connectivity index (χ0) is 18.1. The summed E-state index contributed by atoms with van der Waals surface area (Å²) in [6, 6.07) is 9.10. The number of anilines is 1. The second kappa shape index (κ2) is 6.84. The van der Waals surface area contributed by atoms with E-state index in [2.05, 4.69) is 20.3 Å². The average molecular weight is 372 g/mol. The minimum Gasteiger partial charge on any atom is -0.495 e. The fraction of sp³-hybridized carbons (Fsp3) is 0.278. The fourth-order valence-electron chi connectivity index (χ4n) is 3.17. The Morgan fingerprint density at radius 3 is 3.08 bits per heavy atom. The number of benzene rings is 1. The van der Waals surface area contributed by atoms with Gasteiger partial charge < -0.3 is 15.0 Å². The van der Waals surface area contributed by atoms with E-state index >= 15 is 0 Å². The zero-order valence-corrected chi connectivity index (χ0v) is 15.0. The molecule has 8 heteroatoms. The van der Waals surface area contributed by atoms with Gasteiger partial charge in [-0.15, -0.1) is 5.10 Å². The highest BCUT2D eigenvalue weighted by atomic mass is 35.5. The van der Waals surface area contributed by atoms with Gasteiger partial charge in [0.15, 0.2) is 5.65 Å². The number of carbonyl (C=O) groups excluding carboxylic acids is 1. The Morgan fingerprint density at radius 2 is 2.23 bits per heavy atom. The van der Waals surface area contributed by atoms with Crippen LogP contribution in [0, 0.1) is 0 Å². The molecule has 1 aliphatic heterocycles. The van der Waals surface area contributed by atoms with Crippen molar-refractivity contribution in [1.29, 1.82) is 0 Å². The maximum absolute atomic E-state index is 12.6. The lowest BCUT2D eigenvalue weighted by Crippen LogP contribution is -2.37. The molecule has 4 rings (SSSR count). The van der Waals surface area contributed by atoms with Crippen LogP contribution in [0.3, 0.4) is 0 Å². The Bertz CT molecular complexity index is 958. The lowest BCUT2D eigenvalue weighted by molar-refractivity contribution is 0.0940. The van der Waals surface area contributed by atoms with Gasteiger partial charge in [-0.2, -0.15) is 0 Å². The van der Waals surface area contributed by atoms with E-state index in [1.165, 1.54) is 7.11 Å². The van der Waals surface area contributed by atoms with Crippen LogP contribution >= 0.6 is 11.6 Å². The first-order valence-corrected chi connectivity index (χ1v) is 8.72. The Hall–Kier alpha value is -2.80.